The van der Waals surface area contributed by atoms with Crippen molar-refractivity contribution in [3.05, 3.63) is 118 Å². The van der Waals surface area contributed by atoms with Gasteiger partial charge in [-0.05, 0) is 24.6 Å². The number of carbonyl (C=O) groups is 2. The van der Waals surface area contributed by atoms with Gasteiger partial charge in [0.05, 0.1) is 12.1 Å². The molecule has 0 spiro atoms. The lowest BCUT2D eigenvalue weighted by atomic mass is 9.97. The van der Waals surface area contributed by atoms with Gasteiger partial charge in [0.25, 0.3) is 5.91 Å². The van der Waals surface area contributed by atoms with E-state index in [0.29, 0.717) is 34.1 Å². The molecule has 1 amide bonds. The Labute approximate surface area is 185 Å². The lowest BCUT2D eigenvalue weighted by molar-refractivity contribution is 0.0996. The molecule has 4 rings (SSSR count). The Bertz CT molecular complexity index is 1250. The number of nitrogens with one attached hydrogen (secondary N) is 1. The number of anilines is 1. The third-order valence-corrected chi connectivity index (χ3v) is 5.27. The quantitative estimate of drug-likeness (QED) is 0.419. The first-order chi connectivity index (χ1) is 15.0. The van der Waals surface area contributed by atoms with E-state index < -0.39 is 0 Å². The van der Waals surface area contributed by atoms with E-state index in [1.54, 1.807) is 53.3 Å². The zero-order chi connectivity index (χ0) is 21.8. The average molecular weight is 430 g/mol. The van der Waals surface area contributed by atoms with Crippen LogP contribution in [-0.4, -0.2) is 21.5 Å². The summed E-state index contributed by atoms with van der Waals surface area (Å²) in [5.41, 5.74) is 3.18. The number of carbonyl (C=O) groups excluding carboxylic acids is 2. The first kappa shape index (κ1) is 20.6. The smallest absolute Gasteiger partial charge is 0.257 e. The van der Waals surface area contributed by atoms with Crippen LogP contribution in [0, 0.1) is 6.92 Å². The van der Waals surface area contributed by atoms with Crippen molar-refractivity contribution < 1.29 is 9.59 Å². The summed E-state index contributed by atoms with van der Waals surface area (Å²) in [6, 6.07) is 23.3. The van der Waals surface area contributed by atoms with Crippen LogP contribution in [0.25, 0.3) is 0 Å². The molecule has 0 bridgehead atoms. The lowest BCUT2D eigenvalue weighted by Gasteiger charge is -2.09. The first-order valence-corrected chi connectivity index (χ1v) is 10.2. The number of hydrogen-bond acceptors (Lipinski definition) is 3. The molecule has 0 unspecified atom stereocenters. The molecule has 3 aromatic carbocycles. The molecule has 0 radical (unpaired) electrons. The monoisotopic (exact) mass is 429 g/mol. The van der Waals surface area contributed by atoms with Gasteiger partial charge in [-0.3, -0.25) is 14.3 Å². The summed E-state index contributed by atoms with van der Waals surface area (Å²) in [4.78, 5) is 25.9. The first-order valence-electron chi connectivity index (χ1n) is 9.80. The van der Waals surface area contributed by atoms with E-state index in [4.69, 9.17) is 11.6 Å². The molecule has 1 aromatic heterocycles. The molecule has 5 nitrogen and oxygen atoms in total. The van der Waals surface area contributed by atoms with Crippen LogP contribution >= 0.6 is 11.6 Å². The highest BCUT2D eigenvalue weighted by Crippen LogP contribution is 2.19. The van der Waals surface area contributed by atoms with Crippen molar-refractivity contribution in [3.63, 3.8) is 0 Å². The highest BCUT2D eigenvalue weighted by Gasteiger charge is 2.18. The number of amides is 1. The molecule has 0 aliphatic rings. The molecule has 0 fully saturated rings. The molecule has 0 saturated heterocycles. The van der Waals surface area contributed by atoms with Gasteiger partial charge in [0, 0.05) is 28.4 Å². The van der Waals surface area contributed by atoms with Crippen LogP contribution < -0.4 is 5.32 Å². The Morgan fingerprint density at radius 1 is 0.903 bits per heavy atom. The molecule has 0 atom stereocenters. The van der Waals surface area contributed by atoms with E-state index in [0.717, 1.165) is 11.1 Å². The minimum atomic E-state index is -0.390. The average Bonchev–Trinajstić information content (AvgIpc) is 3.22. The summed E-state index contributed by atoms with van der Waals surface area (Å²) in [5.74, 6) is -0.191. The van der Waals surface area contributed by atoms with Gasteiger partial charge in [0.1, 0.15) is 0 Å². The molecule has 1 N–H and O–H groups in total. The maximum Gasteiger partial charge on any atom is 0.257 e. The van der Waals surface area contributed by atoms with Gasteiger partial charge in [-0.1, -0.05) is 77.8 Å². The van der Waals surface area contributed by atoms with Gasteiger partial charge < -0.3 is 5.32 Å². The van der Waals surface area contributed by atoms with Crippen LogP contribution in [0.1, 0.15) is 37.4 Å². The molecule has 1 heterocycles. The lowest BCUT2D eigenvalue weighted by Crippen LogP contribution is -2.17. The molecular weight excluding hydrogens is 410 g/mol. The highest BCUT2D eigenvalue weighted by atomic mass is 35.5. The number of ketones is 1. The Kier molecular flexibility index (Phi) is 5.96. The summed E-state index contributed by atoms with van der Waals surface area (Å²) < 4.78 is 1.69. The second-order valence-electron chi connectivity index (χ2n) is 7.18. The number of hydrogen-bond donors (Lipinski definition) is 1. The van der Waals surface area contributed by atoms with Crippen LogP contribution in [0.15, 0.2) is 85.1 Å². The number of rotatable bonds is 6. The Morgan fingerprint density at radius 2 is 1.58 bits per heavy atom. The maximum absolute atomic E-state index is 13.0. The molecule has 0 aliphatic carbocycles. The van der Waals surface area contributed by atoms with Crippen molar-refractivity contribution in [2.24, 2.45) is 0 Å². The number of nitrogens with zero attached hydrogens (tertiary/aromatic N) is 2. The van der Waals surface area contributed by atoms with E-state index in [-0.39, 0.29) is 11.7 Å². The van der Waals surface area contributed by atoms with E-state index in [2.05, 4.69) is 10.4 Å². The third-order valence-electron chi connectivity index (χ3n) is 4.90. The molecule has 0 aliphatic heterocycles. The van der Waals surface area contributed by atoms with Crippen molar-refractivity contribution in [2.45, 2.75) is 13.5 Å². The Hall–Kier alpha value is -3.70. The largest absolute Gasteiger partial charge is 0.305 e. The van der Waals surface area contributed by atoms with E-state index in [9.17, 15) is 9.59 Å². The second-order valence-corrected chi connectivity index (χ2v) is 7.59. The minimum Gasteiger partial charge on any atom is -0.305 e. The zero-order valence-corrected chi connectivity index (χ0v) is 17.6. The molecule has 0 saturated carbocycles. The third kappa shape index (κ3) is 4.73. The van der Waals surface area contributed by atoms with Gasteiger partial charge in [0.15, 0.2) is 11.6 Å². The van der Waals surface area contributed by atoms with Crippen molar-refractivity contribution >= 4 is 29.1 Å². The predicted octanol–water partition coefficient (Wildman–Crippen LogP) is 5.38. The van der Waals surface area contributed by atoms with Gasteiger partial charge in [0.2, 0.25) is 0 Å². The van der Waals surface area contributed by atoms with Crippen LogP contribution in [0.4, 0.5) is 5.82 Å². The van der Waals surface area contributed by atoms with E-state index >= 15 is 0 Å². The molecule has 154 valence electrons. The minimum absolute atomic E-state index is 0.199. The highest BCUT2D eigenvalue weighted by molar-refractivity contribution is 6.31. The van der Waals surface area contributed by atoms with Crippen molar-refractivity contribution in [1.29, 1.82) is 0 Å². The van der Waals surface area contributed by atoms with Crippen molar-refractivity contribution in [2.75, 3.05) is 5.32 Å². The fourth-order valence-electron chi connectivity index (χ4n) is 3.24. The maximum atomic E-state index is 13.0. The van der Waals surface area contributed by atoms with Gasteiger partial charge >= 0.3 is 0 Å². The Balaban J connectivity index is 1.52. The molecule has 4 aromatic rings. The zero-order valence-electron chi connectivity index (χ0n) is 16.9. The fraction of sp³-hybridized carbons (Fsp3) is 0.0800. The number of halogens is 1. The normalized spacial score (nSPS) is 10.6. The number of benzene rings is 3. The summed E-state index contributed by atoms with van der Waals surface area (Å²) in [6.07, 6.45) is 1.77. The SMILES string of the molecule is Cc1ccc(C(=O)c2ccccc2C(=O)Nc2ccn(Cc3ccccc3Cl)n2)cc1. The van der Waals surface area contributed by atoms with Gasteiger partial charge in [-0.15, -0.1) is 0 Å². The summed E-state index contributed by atoms with van der Waals surface area (Å²) in [5, 5.41) is 7.83. The summed E-state index contributed by atoms with van der Waals surface area (Å²) >= 11 is 6.21. The van der Waals surface area contributed by atoms with Crippen molar-refractivity contribution in [3.8, 4) is 0 Å². The van der Waals surface area contributed by atoms with Gasteiger partial charge in [-0.25, -0.2) is 0 Å². The number of aryl methyl sites for hydroxylation is 1. The summed E-state index contributed by atoms with van der Waals surface area (Å²) in [7, 11) is 0. The number of aromatic nitrogens is 2. The standard InChI is InChI=1S/C25H20ClN3O2/c1-17-10-12-18(13-11-17)24(30)20-7-3-4-8-21(20)25(31)27-23-14-15-29(28-23)16-19-6-2-5-9-22(19)26/h2-15H,16H2,1H3,(H,27,28,31). The van der Waals surface area contributed by atoms with Crippen LogP contribution in [0.5, 0.6) is 0 Å². The van der Waals surface area contributed by atoms with Crippen molar-refractivity contribution in [1.82, 2.24) is 9.78 Å². The van der Waals surface area contributed by atoms with Crippen LogP contribution in [0.3, 0.4) is 0 Å². The predicted molar refractivity (Wildman–Crippen MR) is 122 cm³/mol. The van der Waals surface area contributed by atoms with Crippen LogP contribution in [0.2, 0.25) is 5.02 Å². The summed E-state index contributed by atoms with van der Waals surface area (Å²) in [6.45, 7) is 2.44. The van der Waals surface area contributed by atoms with Gasteiger partial charge in [-0.2, -0.15) is 5.10 Å². The molecule has 6 heteroatoms. The fourth-order valence-corrected chi connectivity index (χ4v) is 3.44. The molecular formula is C25H20ClN3O2. The molecule has 31 heavy (non-hydrogen) atoms. The van der Waals surface area contributed by atoms with E-state index in [1.165, 1.54) is 0 Å². The second kappa shape index (κ2) is 8.98. The Morgan fingerprint density at radius 3 is 2.32 bits per heavy atom. The topological polar surface area (TPSA) is 64.0 Å². The van der Waals surface area contributed by atoms with E-state index in [1.807, 2.05) is 43.3 Å². The van der Waals surface area contributed by atoms with Crippen LogP contribution in [-0.2, 0) is 6.54 Å².